The van der Waals surface area contributed by atoms with Gasteiger partial charge in [0, 0.05) is 28.4 Å². The summed E-state index contributed by atoms with van der Waals surface area (Å²) >= 11 is 3.40. The number of aromatic hydroxyl groups is 1. The fourth-order valence-corrected chi connectivity index (χ4v) is 5.51. The third kappa shape index (κ3) is 2.74. The van der Waals surface area contributed by atoms with Crippen LogP contribution in [0.1, 0.15) is 44.8 Å². The van der Waals surface area contributed by atoms with Crippen molar-refractivity contribution >= 4 is 27.7 Å². The lowest BCUT2D eigenvalue weighted by molar-refractivity contribution is -0.265. The molecule has 6 atom stereocenters. The van der Waals surface area contributed by atoms with Crippen molar-refractivity contribution < 1.29 is 24.5 Å². The van der Waals surface area contributed by atoms with Crippen LogP contribution in [0.5, 0.6) is 5.75 Å². The van der Waals surface area contributed by atoms with E-state index in [0.29, 0.717) is 31.4 Å². The van der Waals surface area contributed by atoms with E-state index in [9.17, 15) is 19.8 Å². The number of hydrogen-bond acceptors (Lipinski definition) is 5. The van der Waals surface area contributed by atoms with Crippen molar-refractivity contribution in [2.45, 2.75) is 45.0 Å². The predicted octanol–water partition coefficient (Wildman–Crippen LogP) is 2.97. The molecule has 3 aliphatic rings. The van der Waals surface area contributed by atoms with E-state index < -0.39 is 23.7 Å². The van der Waals surface area contributed by atoms with Crippen LogP contribution in [0, 0.1) is 23.7 Å². The van der Waals surface area contributed by atoms with Gasteiger partial charge in [-0.2, -0.15) is 0 Å². The van der Waals surface area contributed by atoms with E-state index in [2.05, 4.69) is 15.9 Å². The Bertz CT molecular complexity index is 799. The summed E-state index contributed by atoms with van der Waals surface area (Å²) in [5, 5.41) is 21.6. The maximum absolute atomic E-state index is 13.0. The molecule has 27 heavy (non-hydrogen) atoms. The number of rotatable bonds is 3. The molecule has 1 saturated carbocycles. The van der Waals surface area contributed by atoms with Gasteiger partial charge in [0.25, 0.3) is 0 Å². The van der Waals surface area contributed by atoms with E-state index in [1.165, 1.54) is 4.90 Å². The number of carbonyl (C=O) groups is 2. The van der Waals surface area contributed by atoms with E-state index in [4.69, 9.17) is 4.74 Å². The largest absolute Gasteiger partial charge is 0.508 e. The van der Waals surface area contributed by atoms with Gasteiger partial charge >= 0.3 is 0 Å². The van der Waals surface area contributed by atoms with Gasteiger partial charge in [0.2, 0.25) is 11.8 Å². The lowest BCUT2D eigenvalue weighted by Crippen LogP contribution is -2.52. The molecule has 146 valence electrons. The number of ether oxygens (including phenoxy) is 1. The van der Waals surface area contributed by atoms with Gasteiger partial charge in [-0.25, -0.2) is 0 Å². The molecule has 3 fully saturated rings. The molecular weight excluding hydrogens is 414 g/mol. The van der Waals surface area contributed by atoms with Crippen LogP contribution in [-0.2, 0) is 14.3 Å². The van der Waals surface area contributed by atoms with Crippen LogP contribution in [0.25, 0.3) is 0 Å². The molecule has 2 saturated heterocycles. The van der Waals surface area contributed by atoms with Crippen molar-refractivity contribution in [2.75, 3.05) is 6.54 Å². The second-order valence-electron chi connectivity index (χ2n) is 8.00. The average molecular weight is 438 g/mol. The minimum Gasteiger partial charge on any atom is -0.508 e. The highest BCUT2D eigenvalue weighted by molar-refractivity contribution is 9.10. The van der Waals surface area contributed by atoms with Crippen molar-refractivity contribution in [3.05, 3.63) is 28.2 Å². The van der Waals surface area contributed by atoms with E-state index in [1.54, 1.807) is 18.2 Å². The number of aliphatic hydroxyl groups is 1. The summed E-state index contributed by atoms with van der Waals surface area (Å²) in [6.45, 7) is 4.22. The number of benzene rings is 1. The van der Waals surface area contributed by atoms with Gasteiger partial charge in [-0.1, -0.05) is 29.8 Å². The summed E-state index contributed by atoms with van der Waals surface area (Å²) in [7, 11) is 0. The van der Waals surface area contributed by atoms with Gasteiger partial charge in [-0.05, 0) is 37.5 Å². The quantitative estimate of drug-likeness (QED) is 0.709. The molecule has 4 rings (SSSR count). The third-order valence-corrected chi connectivity index (χ3v) is 6.92. The topological polar surface area (TPSA) is 87.1 Å². The van der Waals surface area contributed by atoms with Crippen molar-refractivity contribution in [3.8, 4) is 5.75 Å². The molecule has 1 aliphatic carbocycles. The molecule has 2 aliphatic heterocycles. The van der Waals surface area contributed by atoms with Gasteiger partial charge in [0.05, 0.1) is 17.9 Å². The lowest BCUT2D eigenvalue weighted by atomic mass is 9.65. The zero-order valence-corrected chi connectivity index (χ0v) is 17.0. The fourth-order valence-electron chi connectivity index (χ4n) is 5.13. The number of carbonyl (C=O) groups excluding carboxylic acids is 2. The van der Waals surface area contributed by atoms with Crippen LogP contribution < -0.4 is 0 Å². The maximum atomic E-state index is 13.0. The first-order chi connectivity index (χ1) is 12.8. The minimum absolute atomic E-state index is 0.0936. The molecular formula is C20H24BrNO5. The molecule has 2 heterocycles. The summed E-state index contributed by atoms with van der Waals surface area (Å²) in [6.07, 6.45) is 1.01. The van der Waals surface area contributed by atoms with Crippen LogP contribution in [0.2, 0.25) is 0 Å². The number of nitrogens with zero attached hydrogens (tertiary/aromatic N) is 1. The summed E-state index contributed by atoms with van der Waals surface area (Å²) in [4.78, 5) is 27.1. The number of halogens is 1. The monoisotopic (exact) mass is 437 g/mol. The highest BCUT2D eigenvalue weighted by Gasteiger charge is 2.65. The summed E-state index contributed by atoms with van der Waals surface area (Å²) in [5.74, 6) is -3.37. The molecule has 0 aromatic heterocycles. The van der Waals surface area contributed by atoms with Crippen molar-refractivity contribution in [2.24, 2.45) is 23.7 Å². The Morgan fingerprint density at radius 3 is 2.74 bits per heavy atom. The van der Waals surface area contributed by atoms with Crippen molar-refractivity contribution in [3.63, 3.8) is 0 Å². The van der Waals surface area contributed by atoms with Crippen LogP contribution >= 0.6 is 15.9 Å². The van der Waals surface area contributed by atoms with Crippen LogP contribution in [0.3, 0.4) is 0 Å². The Hall–Kier alpha value is -1.44. The normalized spacial score (nSPS) is 38.2. The zero-order valence-electron chi connectivity index (χ0n) is 15.4. The lowest BCUT2D eigenvalue weighted by Gasteiger charge is -2.43. The van der Waals surface area contributed by atoms with E-state index in [1.807, 2.05) is 13.8 Å². The summed E-state index contributed by atoms with van der Waals surface area (Å²) in [5.41, 5.74) is 0.582. The highest BCUT2D eigenvalue weighted by atomic mass is 79.9. The van der Waals surface area contributed by atoms with Crippen LogP contribution in [0.15, 0.2) is 22.7 Å². The van der Waals surface area contributed by atoms with E-state index in [-0.39, 0.29) is 29.4 Å². The SMILES string of the molecule is CCCN1C(=O)[C@H]2[C@H](C[C@H](C)[C@@]3(O)O[C@H](c4cc(Br)ccc4O)C[C@@H]23)C1=O. The first-order valence-electron chi connectivity index (χ1n) is 9.51. The Labute approximate surface area is 166 Å². The number of fused-ring (bicyclic) bond motifs is 3. The number of likely N-dealkylation sites (tertiary alicyclic amines) is 1. The van der Waals surface area contributed by atoms with Gasteiger partial charge in [0.1, 0.15) is 5.75 Å². The number of imide groups is 1. The molecule has 1 aromatic rings. The Kier molecular flexibility index (Phi) is 4.60. The van der Waals surface area contributed by atoms with Crippen molar-refractivity contribution in [1.29, 1.82) is 0 Å². The van der Waals surface area contributed by atoms with Gasteiger partial charge in [0.15, 0.2) is 5.79 Å². The first-order valence-corrected chi connectivity index (χ1v) is 10.3. The summed E-state index contributed by atoms with van der Waals surface area (Å²) < 4.78 is 6.87. The average Bonchev–Trinajstić information content (AvgIpc) is 3.09. The number of phenols is 1. The number of hydrogen-bond donors (Lipinski definition) is 2. The first kappa shape index (κ1) is 18.9. The summed E-state index contributed by atoms with van der Waals surface area (Å²) in [6, 6.07) is 5.08. The Morgan fingerprint density at radius 2 is 2.04 bits per heavy atom. The smallest absolute Gasteiger partial charge is 0.233 e. The second-order valence-corrected chi connectivity index (χ2v) is 8.92. The molecule has 0 bridgehead atoms. The van der Waals surface area contributed by atoms with Gasteiger partial charge in [-0.3, -0.25) is 14.5 Å². The zero-order chi connectivity index (χ0) is 19.5. The van der Waals surface area contributed by atoms with E-state index in [0.717, 1.165) is 4.47 Å². The Balaban J connectivity index is 1.70. The standard InChI is InChI=1S/C20H24BrNO5/c1-3-6-22-18(24)13-7-10(2)20(26)14(17(13)19(22)25)9-16(27-20)12-8-11(21)4-5-15(12)23/h4-5,8,10,13-14,16-17,23,26H,3,6-7,9H2,1-2H3/t10-,13-,14-,16-,17-,20+/m0/s1. The third-order valence-electron chi connectivity index (χ3n) is 6.43. The number of amides is 2. The molecule has 6 nitrogen and oxygen atoms in total. The predicted molar refractivity (Wildman–Crippen MR) is 100 cm³/mol. The molecule has 1 aromatic carbocycles. The van der Waals surface area contributed by atoms with Gasteiger partial charge < -0.3 is 14.9 Å². The number of phenolic OH excluding ortho intramolecular Hbond substituents is 1. The second kappa shape index (κ2) is 6.57. The molecule has 0 spiro atoms. The van der Waals surface area contributed by atoms with E-state index >= 15 is 0 Å². The van der Waals surface area contributed by atoms with Crippen LogP contribution in [0.4, 0.5) is 0 Å². The van der Waals surface area contributed by atoms with Crippen molar-refractivity contribution in [1.82, 2.24) is 4.90 Å². The van der Waals surface area contributed by atoms with Crippen LogP contribution in [-0.4, -0.2) is 39.3 Å². The Morgan fingerprint density at radius 1 is 1.30 bits per heavy atom. The maximum Gasteiger partial charge on any atom is 0.233 e. The molecule has 7 heteroatoms. The highest BCUT2D eigenvalue weighted by Crippen LogP contribution is 2.58. The molecule has 2 N–H and O–H groups in total. The molecule has 0 radical (unpaired) electrons. The fraction of sp³-hybridized carbons (Fsp3) is 0.600. The minimum atomic E-state index is -1.47. The molecule has 2 amide bonds. The molecule has 0 unspecified atom stereocenters. The van der Waals surface area contributed by atoms with Gasteiger partial charge in [-0.15, -0.1) is 0 Å².